The van der Waals surface area contributed by atoms with E-state index in [2.05, 4.69) is 15.4 Å². The number of benzene rings is 1. The molecule has 1 aromatic carbocycles. The number of aryl methyl sites for hydroxylation is 2. The number of pyridine rings is 1. The monoisotopic (exact) mass is 443 g/mol. The van der Waals surface area contributed by atoms with Gasteiger partial charge in [-0.25, -0.2) is 4.68 Å². The number of hydrogen-bond donors (Lipinski definition) is 1. The topological polar surface area (TPSA) is 80.1 Å². The highest BCUT2D eigenvalue weighted by Gasteiger charge is 2.50. The molecule has 0 aliphatic carbocycles. The van der Waals surface area contributed by atoms with Gasteiger partial charge in [-0.1, -0.05) is 18.6 Å². The van der Waals surface area contributed by atoms with Crippen molar-refractivity contribution >= 4 is 11.8 Å². The first-order valence-electron chi connectivity index (χ1n) is 11.6. The minimum Gasteiger partial charge on any atom is -0.348 e. The van der Waals surface area contributed by atoms with Crippen molar-refractivity contribution in [3.8, 4) is 5.69 Å². The van der Waals surface area contributed by atoms with Crippen molar-refractivity contribution in [3.63, 3.8) is 0 Å². The second-order valence-corrected chi connectivity index (χ2v) is 9.33. The Kier molecular flexibility index (Phi) is 5.48. The zero-order valence-electron chi connectivity index (χ0n) is 19.1. The normalized spacial score (nSPS) is 22.9. The van der Waals surface area contributed by atoms with E-state index in [1.807, 2.05) is 72.1 Å². The van der Waals surface area contributed by atoms with Crippen LogP contribution in [0.25, 0.3) is 5.69 Å². The van der Waals surface area contributed by atoms with Gasteiger partial charge in [0.2, 0.25) is 5.91 Å². The van der Waals surface area contributed by atoms with Crippen molar-refractivity contribution in [3.05, 3.63) is 77.4 Å². The van der Waals surface area contributed by atoms with E-state index < -0.39 is 5.54 Å². The molecule has 2 aromatic heterocycles. The largest absolute Gasteiger partial charge is 0.348 e. The fourth-order valence-electron chi connectivity index (χ4n) is 5.42. The quantitative estimate of drug-likeness (QED) is 0.671. The van der Waals surface area contributed by atoms with Crippen LogP contribution >= 0.6 is 0 Å². The standard InChI is InChI=1S/C26H29N5O2/c1-18-13-19(2)31(29-18)22-9-5-7-20(14-22)25(33)30-16-23(21-8-6-12-27-15-21)26(17-30)11-4-3-10-24(32)28-26/h5-9,12-15,23H,3-4,10-11,16-17H2,1-2H3,(H,28,32)/t23-,26+/m0/s1. The maximum atomic E-state index is 13.7. The average Bonchev–Trinajstić information content (AvgIpc) is 3.29. The van der Waals surface area contributed by atoms with E-state index in [0.29, 0.717) is 25.1 Å². The lowest BCUT2D eigenvalue weighted by atomic mass is 9.79. The van der Waals surface area contributed by atoms with Gasteiger partial charge in [0.15, 0.2) is 0 Å². The number of carbonyl (C=O) groups excluding carboxylic acids is 2. The molecule has 2 saturated heterocycles. The summed E-state index contributed by atoms with van der Waals surface area (Å²) in [5, 5.41) is 7.87. The maximum absolute atomic E-state index is 13.7. The summed E-state index contributed by atoms with van der Waals surface area (Å²) < 4.78 is 1.86. The molecule has 5 rings (SSSR count). The lowest BCUT2D eigenvalue weighted by Crippen LogP contribution is -2.52. The Hall–Kier alpha value is -3.48. The lowest BCUT2D eigenvalue weighted by molar-refractivity contribution is -0.122. The van der Waals surface area contributed by atoms with Crippen LogP contribution in [0.5, 0.6) is 0 Å². The van der Waals surface area contributed by atoms with Gasteiger partial charge in [0, 0.05) is 49.1 Å². The molecule has 2 aliphatic rings. The molecular formula is C26H29N5O2. The number of nitrogens with one attached hydrogen (secondary N) is 1. The summed E-state index contributed by atoms with van der Waals surface area (Å²) in [6.07, 6.45) is 6.86. The molecule has 7 heteroatoms. The second kappa shape index (κ2) is 8.46. The van der Waals surface area contributed by atoms with Crippen LogP contribution in [0, 0.1) is 13.8 Å². The Morgan fingerprint density at radius 3 is 2.79 bits per heavy atom. The van der Waals surface area contributed by atoms with E-state index in [1.165, 1.54) is 0 Å². The van der Waals surface area contributed by atoms with Crippen molar-refractivity contribution < 1.29 is 9.59 Å². The fraction of sp³-hybridized carbons (Fsp3) is 0.385. The zero-order valence-corrected chi connectivity index (χ0v) is 19.1. The van der Waals surface area contributed by atoms with Crippen LogP contribution in [0.15, 0.2) is 54.9 Å². The Morgan fingerprint density at radius 1 is 1.15 bits per heavy atom. The molecule has 1 N–H and O–H groups in total. The molecule has 2 fully saturated rings. The average molecular weight is 444 g/mol. The summed E-state index contributed by atoms with van der Waals surface area (Å²) in [4.78, 5) is 32.4. The number of rotatable bonds is 3. The summed E-state index contributed by atoms with van der Waals surface area (Å²) in [5.74, 6) is 0.0567. The van der Waals surface area contributed by atoms with Crippen molar-refractivity contribution in [2.45, 2.75) is 51.0 Å². The van der Waals surface area contributed by atoms with Crippen molar-refractivity contribution in [1.82, 2.24) is 25.0 Å². The highest BCUT2D eigenvalue weighted by atomic mass is 16.2. The number of amides is 2. The van der Waals surface area contributed by atoms with Crippen LogP contribution in [0.3, 0.4) is 0 Å². The molecule has 2 atom stereocenters. The van der Waals surface area contributed by atoms with Gasteiger partial charge >= 0.3 is 0 Å². The third-order valence-corrected chi connectivity index (χ3v) is 6.93. The lowest BCUT2D eigenvalue weighted by Gasteiger charge is -2.34. The molecule has 170 valence electrons. The SMILES string of the molecule is Cc1cc(C)n(-c2cccc(C(=O)N3C[C@@H](c4cccnc4)[C@@]4(CCCCC(=O)N4)C3)c2)n1. The number of nitrogens with zero attached hydrogens (tertiary/aromatic N) is 4. The van der Waals surface area contributed by atoms with Gasteiger partial charge in [-0.15, -0.1) is 0 Å². The number of hydrogen-bond acceptors (Lipinski definition) is 4. The van der Waals surface area contributed by atoms with Crippen molar-refractivity contribution in [2.24, 2.45) is 0 Å². The molecule has 1 spiro atoms. The molecule has 0 saturated carbocycles. The van der Waals surface area contributed by atoms with E-state index in [1.54, 1.807) is 6.20 Å². The summed E-state index contributed by atoms with van der Waals surface area (Å²) in [5.41, 5.74) is 4.06. The molecule has 0 bridgehead atoms. The molecule has 3 aromatic rings. The Balaban J connectivity index is 1.47. The number of likely N-dealkylation sites (tertiary alicyclic amines) is 1. The summed E-state index contributed by atoms with van der Waals surface area (Å²) in [6, 6.07) is 13.6. The van der Waals surface area contributed by atoms with Gasteiger partial charge < -0.3 is 10.2 Å². The van der Waals surface area contributed by atoms with E-state index in [0.717, 1.165) is 41.9 Å². The number of carbonyl (C=O) groups is 2. The highest BCUT2D eigenvalue weighted by molar-refractivity contribution is 5.95. The van der Waals surface area contributed by atoms with E-state index >= 15 is 0 Å². The molecule has 0 unspecified atom stereocenters. The van der Waals surface area contributed by atoms with Crippen LogP contribution in [-0.4, -0.2) is 50.1 Å². The van der Waals surface area contributed by atoms with Crippen LogP contribution in [0.1, 0.15) is 58.9 Å². The van der Waals surface area contributed by atoms with Gasteiger partial charge in [0.1, 0.15) is 0 Å². The van der Waals surface area contributed by atoms with Gasteiger partial charge in [0.05, 0.1) is 16.9 Å². The Bertz CT molecular complexity index is 1190. The summed E-state index contributed by atoms with van der Waals surface area (Å²) >= 11 is 0. The number of aromatic nitrogens is 3. The van der Waals surface area contributed by atoms with Gasteiger partial charge in [-0.3, -0.25) is 14.6 Å². The zero-order chi connectivity index (χ0) is 23.0. The molecular weight excluding hydrogens is 414 g/mol. The second-order valence-electron chi connectivity index (χ2n) is 9.33. The third kappa shape index (κ3) is 4.03. The van der Waals surface area contributed by atoms with Crippen LogP contribution < -0.4 is 5.32 Å². The van der Waals surface area contributed by atoms with Crippen molar-refractivity contribution in [2.75, 3.05) is 13.1 Å². The third-order valence-electron chi connectivity index (χ3n) is 6.93. The minimum atomic E-state index is -0.459. The minimum absolute atomic E-state index is 0.0105. The molecule has 33 heavy (non-hydrogen) atoms. The summed E-state index contributed by atoms with van der Waals surface area (Å²) in [7, 11) is 0. The molecule has 2 amide bonds. The van der Waals surface area contributed by atoms with E-state index in [4.69, 9.17) is 0 Å². The fourth-order valence-corrected chi connectivity index (χ4v) is 5.42. The van der Waals surface area contributed by atoms with Gasteiger partial charge in [0.25, 0.3) is 5.91 Å². The molecule has 2 aliphatic heterocycles. The van der Waals surface area contributed by atoms with Crippen LogP contribution in [0.2, 0.25) is 0 Å². The van der Waals surface area contributed by atoms with Crippen molar-refractivity contribution in [1.29, 1.82) is 0 Å². The Morgan fingerprint density at radius 2 is 2.03 bits per heavy atom. The maximum Gasteiger partial charge on any atom is 0.254 e. The van der Waals surface area contributed by atoms with Gasteiger partial charge in [-0.05, 0) is 62.6 Å². The van der Waals surface area contributed by atoms with E-state index in [-0.39, 0.29) is 17.7 Å². The molecule has 4 heterocycles. The smallest absolute Gasteiger partial charge is 0.254 e. The molecule has 7 nitrogen and oxygen atoms in total. The first-order chi connectivity index (χ1) is 15.9. The first kappa shape index (κ1) is 21.4. The van der Waals surface area contributed by atoms with Crippen LogP contribution in [-0.2, 0) is 4.79 Å². The predicted octanol–water partition coefficient (Wildman–Crippen LogP) is 3.55. The summed E-state index contributed by atoms with van der Waals surface area (Å²) in [6.45, 7) is 5.02. The Labute approximate surface area is 193 Å². The van der Waals surface area contributed by atoms with E-state index in [9.17, 15) is 9.59 Å². The first-order valence-corrected chi connectivity index (χ1v) is 11.6. The highest BCUT2D eigenvalue weighted by Crippen LogP contribution is 2.41. The van der Waals surface area contributed by atoms with Gasteiger partial charge in [-0.2, -0.15) is 5.10 Å². The molecule has 0 radical (unpaired) electrons. The predicted molar refractivity (Wildman–Crippen MR) is 125 cm³/mol. The van der Waals surface area contributed by atoms with Crippen LogP contribution in [0.4, 0.5) is 0 Å².